The molecular formula is C18H24N4O2. The van der Waals surface area contributed by atoms with Gasteiger partial charge < -0.3 is 19.3 Å². The molecule has 128 valence electrons. The predicted octanol–water partition coefficient (Wildman–Crippen LogP) is 3.14. The fourth-order valence-corrected chi connectivity index (χ4v) is 3.03. The third-order valence-corrected chi connectivity index (χ3v) is 4.09. The van der Waals surface area contributed by atoms with Crippen LogP contribution in [-0.4, -0.2) is 50.5 Å². The van der Waals surface area contributed by atoms with Gasteiger partial charge in [-0.3, -0.25) is 0 Å². The molecule has 0 atom stereocenters. The molecule has 0 aliphatic carbocycles. The van der Waals surface area contributed by atoms with Crippen LogP contribution in [0.2, 0.25) is 0 Å². The number of rotatable bonds is 8. The molecule has 2 aromatic rings. The minimum Gasteiger partial charge on any atom is -0.385 e. The average Bonchev–Trinajstić information content (AvgIpc) is 2.63. The molecule has 0 N–H and O–H groups in total. The number of ether oxygens (including phenoxy) is 2. The van der Waals surface area contributed by atoms with Crippen LogP contribution in [0, 0.1) is 0 Å². The monoisotopic (exact) mass is 328 g/mol. The number of methoxy groups -OCH3 is 2. The molecule has 2 aromatic heterocycles. The van der Waals surface area contributed by atoms with E-state index >= 15 is 0 Å². The van der Waals surface area contributed by atoms with E-state index in [0.717, 1.165) is 62.2 Å². The molecule has 1 aliphatic rings. The lowest BCUT2D eigenvalue weighted by Crippen LogP contribution is -2.33. The molecule has 0 aromatic carbocycles. The highest BCUT2D eigenvalue weighted by molar-refractivity contribution is 5.89. The Labute approximate surface area is 143 Å². The normalized spacial score (nSPS) is 12.9. The topological polar surface area (TPSA) is 50.7 Å². The SMILES string of the molecule is COCCCN1c2cccnc2N(CCCOC)c2cccnc21. The zero-order chi connectivity index (χ0) is 16.8. The Balaban J connectivity index is 1.96. The van der Waals surface area contributed by atoms with Crippen LogP contribution in [-0.2, 0) is 9.47 Å². The van der Waals surface area contributed by atoms with Crippen molar-refractivity contribution in [3.8, 4) is 0 Å². The van der Waals surface area contributed by atoms with Gasteiger partial charge in [0.2, 0.25) is 0 Å². The number of aromatic nitrogens is 2. The van der Waals surface area contributed by atoms with Crippen molar-refractivity contribution in [2.45, 2.75) is 12.8 Å². The predicted molar refractivity (Wildman–Crippen MR) is 95.5 cm³/mol. The van der Waals surface area contributed by atoms with Gasteiger partial charge in [0.05, 0.1) is 11.4 Å². The number of fused-ring (bicyclic) bond motifs is 2. The Bertz CT molecular complexity index is 561. The zero-order valence-electron chi connectivity index (χ0n) is 14.3. The average molecular weight is 328 g/mol. The molecule has 24 heavy (non-hydrogen) atoms. The van der Waals surface area contributed by atoms with Crippen LogP contribution >= 0.6 is 0 Å². The quantitative estimate of drug-likeness (QED) is 0.694. The standard InChI is InChI=1S/C18H24N4O2/c1-23-13-5-11-21-15-7-3-10-20-18(15)22(12-6-14-24-2)16-8-4-9-19-17(16)21/h3-4,7-10H,5-6,11-14H2,1-2H3. The summed E-state index contributed by atoms with van der Waals surface area (Å²) in [6.07, 6.45) is 5.56. The van der Waals surface area contributed by atoms with Gasteiger partial charge >= 0.3 is 0 Å². The van der Waals surface area contributed by atoms with Crippen LogP contribution in [0.25, 0.3) is 0 Å². The first kappa shape index (κ1) is 16.7. The molecule has 0 amide bonds. The first-order valence-electron chi connectivity index (χ1n) is 8.30. The van der Waals surface area contributed by atoms with Gasteiger partial charge in [0, 0.05) is 52.9 Å². The van der Waals surface area contributed by atoms with Crippen LogP contribution in [0.3, 0.4) is 0 Å². The van der Waals surface area contributed by atoms with Crippen molar-refractivity contribution in [3.05, 3.63) is 36.7 Å². The van der Waals surface area contributed by atoms with Gasteiger partial charge in [-0.2, -0.15) is 0 Å². The second-order valence-electron chi connectivity index (χ2n) is 5.69. The third kappa shape index (κ3) is 3.34. The van der Waals surface area contributed by atoms with Crippen molar-refractivity contribution >= 4 is 23.0 Å². The Hall–Kier alpha value is -2.18. The van der Waals surface area contributed by atoms with Gasteiger partial charge in [-0.15, -0.1) is 0 Å². The van der Waals surface area contributed by atoms with Crippen LogP contribution < -0.4 is 9.80 Å². The van der Waals surface area contributed by atoms with Crippen molar-refractivity contribution in [1.29, 1.82) is 0 Å². The van der Waals surface area contributed by atoms with E-state index in [0.29, 0.717) is 0 Å². The van der Waals surface area contributed by atoms with Gasteiger partial charge in [-0.25, -0.2) is 9.97 Å². The van der Waals surface area contributed by atoms with Gasteiger partial charge in [0.1, 0.15) is 0 Å². The van der Waals surface area contributed by atoms with E-state index < -0.39 is 0 Å². The molecule has 0 unspecified atom stereocenters. The molecular weight excluding hydrogens is 304 g/mol. The van der Waals surface area contributed by atoms with E-state index in [4.69, 9.17) is 9.47 Å². The van der Waals surface area contributed by atoms with Gasteiger partial charge in [-0.1, -0.05) is 0 Å². The molecule has 6 heteroatoms. The largest absolute Gasteiger partial charge is 0.385 e. The molecule has 3 rings (SSSR count). The first-order valence-corrected chi connectivity index (χ1v) is 8.30. The summed E-state index contributed by atoms with van der Waals surface area (Å²) in [6.45, 7) is 3.16. The maximum Gasteiger partial charge on any atom is 0.157 e. The van der Waals surface area contributed by atoms with E-state index in [1.54, 1.807) is 14.2 Å². The molecule has 0 radical (unpaired) electrons. The summed E-state index contributed by atoms with van der Waals surface area (Å²) >= 11 is 0. The van der Waals surface area contributed by atoms with Crippen molar-refractivity contribution in [2.75, 3.05) is 50.3 Å². The Morgan fingerprint density at radius 3 is 1.67 bits per heavy atom. The fourth-order valence-electron chi connectivity index (χ4n) is 3.03. The summed E-state index contributed by atoms with van der Waals surface area (Å²) in [7, 11) is 3.46. The number of hydrogen-bond donors (Lipinski definition) is 0. The molecule has 0 bridgehead atoms. The Morgan fingerprint density at radius 1 is 0.792 bits per heavy atom. The summed E-state index contributed by atoms with van der Waals surface area (Å²) in [5, 5.41) is 0. The lowest BCUT2D eigenvalue weighted by atomic mass is 10.1. The Kier molecular flexibility index (Phi) is 5.61. The summed E-state index contributed by atoms with van der Waals surface area (Å²) in [5.74, 6) is 1.96. The van der Waals surface area contributed by atoms with E-state index in [1.165, 1.54) is 0 Å². The van der Waals surface area contributed by atoms with Crippen LogP contribution in [0.4, 0.5) is 23.0 Å². The summed E-state index contributed by atoms with van der Waals surface area (Å²) in [4.78, 5) is 13.8. The van der Waals surface area contributed by atoms with Gasteiger partial charge in [-0.05, 0) is 37.1 Å². The Morgan fingerprint density at radius 2 is 1.25 bits per heavy atom. The number of nitrogens with zero attached hydrogens (tertiary/aromatic N) is 4. The molecule has 0 fully saturated rings. The highest BCUT2D eigenvalue weighted by Crippen LogP contribution is 2.45. The second-order valence-corrected chi connectivity index (χ2v) is 5.69. The van der Waals surface area contributed by atoms with E-state index in [9.17, 15) is 0 Å². The van der Waals surface area contributed by atoms with Gasteiger partial charge in [0.25, 0.3) is 0 Å². The van der Waals surface area contributed by atoms with Crippen molar-refractivity contribution in [1.82, 2.24) is 9.97 Å². The highest BCUT2D eigenvalue weighted by Gasteiger charge is 2.29. The van der Waals surface area contributed by atoms with Crippen LogP contribution in [0.15, 0.2) is 36.7 Å². The third-order valence-electron chi connectivity index (χ3n) is 4.09. The minimum absolute atomic E-state index is 0.728. The van der Waals surface area contributed by atoms with Crippen LogP contribution in [0.1, 0.15) is 12.8 Å². The number of pyridine rings is 2. The lowest BCUT2D eigenvalue weighted by Gasteiger charge is -2.38. The van der Waals surface area contributed by atoms with Gasteiger partial charge in [0.15, 0.2) is 11.6 Å². The van der Waals surface area contributed by atoms with E-state index in [-0.39, 0.29) is 0 Å². The summed E-state index contributed by atoms with van der Waals surface area (Å²) < 4.78 is 10.4. The zero-order valence-corrected chi connectivity index (χ0v) is 14.3. The molecule has 1 aliphatic heterocycles. The van der Waals surface area contributed by atoms with E-state index in [2.05, 4.69) is 31.9 Å². The highest BCUT2D eigenvalue weighted by atomic mass is 16.5. The second kappa shape index (κ2) is 8.08. The molecule has 6 nitrogen and oxygen atoms in total. The molecule has 0 saturated heterocycles. The fraction of sp³-hybridized carbons (Fsp3) is 0.444. The summed E-state index contributed by atoms with van der Waals surface area (Å²) in [5.41, 5.74) is 2.19. The smallest absolute Gasteiger partial charge is 0.157 e. The molecule has 3 heterocycles. The molecule has 0 spiro atoms. The van der Waals surface area contributed by atoms with Crippen molar-refractivity contribution in [2.24, 2.45) is 0 Å². The van der Waals surface area contributed by atoms with Crippen LogP contribution in [0.5, 0.6) is 0 Å². The minimum atomic E-state index is 0.728. The van der Waals surface area contributed by atoms with Crippen molar-refractivity contribution in [3.63, 3.8) is 0 Å². The molecule has 0 saturated carbocycles. The van der Waals surface area contributed by atoms with E-state index in [1.807, 2.05) is 24.5 Å². The number of hydrogen-bond acceptors (Lipinski definition) is 6. The first-order chi connectivity index (χ1) is 11.9. The maximum absolute atomic E-state index is 5.21. The maximum atomic E-state index is 5.21. The number of anilines is 4. The lowest BCUT2D eigenvalue weighted by molar-refractivity contribution is 0.196. The summed E-state index contributed by atoms with van der Waals surface area (Å²) in [6, 6.07) is 8.17. The van der Waals surface area contributed by atoms with Crippen molar-refractivity contribution < 1.29 is 9.47 Å².